The maximum atomic E-state index is 3.73. The summed E-state index contributed by atoms with van der Waals surface area (Å²) in [5, 5.41) is 12.7. The Morgan fingerprint density at radius 3 is 2.04 bits per heavy atom. The Balaban J connectivity index is 1.08. The van der Waals surface area contributed by atoms with E-state index in [-0.39, 0.29) is 0 Å². The van der Waals surface area contributed by atoms with Gasteiger partial charge in [-0.2, -0.15) is 0 Å². The number of para-hydroxylation sites is 1. The van der Waals surface area contributed by atoms with E-state index in [0.29, 0.717) is 0 Å². The zero-order valence-electron chi connectivity index (χ0n) is 26.9. The predicted molar refractivity (Wildman–Crippen MR) is 213 cm³/mol. The molecule has 8 aromatic carbocycles. The number of thiophene rings is 1. The molecule has 1 N–H and O–H groups in total. The third-order valence-electron chi connectivity index (χ3n) is 9.54. The average Bonchev–Trinajstić information content (AvgIpc) is 3.60. The first-order valence-corrected chi connectivity index (χ1v) is 17.6. The Morgan fingerprint density at radius 1 is 0.490 bits per heavy atom. The molecular formula is C47H33NS. The largest absolute Gasteiger partial charge is 0.355 e. The maximum absolute atomic E-state index is 3.73. The molecule has 1 nitrogen and oxygen atoms in total. The molecule has 0 aliphatic carbocycles. The van der Waals surface area contributed by atoms with Gasteiger partial charge in [0.1, 0.15) is 0 Å². The number of rotatable bonds is 7. The molecule has 1 heterocycles. The number of hydrogen-bond acceptors (Lipinski definition) is 2. The number of allylic oxidation sites excluding steroid dienone is 1. The van der Waals surface area contributed by atoms with E-state index in [2.05, 4.69) is 187 Å². The predicted octanol–water partition coefficient (Wildman–Crippen LogP) is 13.4. The van der Waals surface area contributed by atoms with Crippen LogP contribution in [0.4, 0.5) is 5.69 Å². The van der Waals surface area contributed by atoms with Gasteiger partial charge < -0.3 is 5.32 Å². The van der Waals surface area contributed by atoms with Gasteiger partial charge in [-0.3, -0.25) is 0 Å². The Labute approximate surface area is 290 Å². The summed E-state index contributed by atoms with van der Waals surface area (Å²) in [7, 11) is 0. The monoisotopic (exact) mass is 643 g/mol. The second kappa shape index (κ2) is 12.6. The quantitative estimate of drug-likeness (QED) is 0.135. The van der Waals surface area contributed by atoms with Gasteiger partial charge in [-0.1, -0.05) is 146 Å². The van der Waals surface area contributed by atoms with Gasteiger partial charge in [0.05, 0.1) is 0 Å². The fourth-order valence-corrected chi connectivity index (χ4v) is 8.17. The van der Waals surface area contributed by atoms with Crippen molar-refractivity contribution >= 4 is 65.1 Å². The number of fused-ring (bicyclic) bond motifs is 5. The van der Waals surface area contributed by atoms with Gasteiger partial charge in [0.2, 0.25) is 0 Å². The van der Waals surface area contributed by atoms with Crippen LogP contribution in [0.2, 0.25) is 0 Å². The summed E-state index contributed by atoms with van der Waals surface area (Å²) >= 11 is 1.86. The normalized spacial score (nSPS) is 11.9. The van der Waals surface area contributed by atoms with Crippen molar-refractivity contribution in [2.24, 2.45) is 0 Å². The van der Waals surface area contributed by atoms with Crippen molar-refractivity contribution in [3.63, 3.8) is 0 Å². The maximum Gasteiger partial charge on any atom is 0.0420 e. The van der Waals surface area contributed by atoms with Crippen LogP contribution in [0.1, 0.15) is 11.1 Å². The summed E-state index contributed by atoms with van der Waals surface area (Å²) in [6, 6.07) is 63.8. The number of anilines is 1. The molecule has 232 valence electrons. The summed E-state index contributed by atoms with van der Waals surface area (Å²) < 4.78 is 1.32. The van der Waals surface area contributed by atoms with E-state index in [1.807, 2.05) is 11.3 Å². The molecule has 0 amide bonds. The Morgan fingerprint density at radius 2 is 1.20 bits per heavy atom. The van der Waals surface area contributed by atoms with Crippen molar-refractivity contribution < 1.29 is 0 Å². The van der Waals surface area contributed by atoms with Gasteiger partial charge in [0, 0.05) is 21.0 Å². The fraction of sp³-hybridized carbons (Fsp3) is 0.0213. The number of nitrogens with one attached hydrogen (secondary N) is 1. The third kappa shape index (κ3) is 5.67. The number of hydrogen-bond donors (Lipinski definition) is 1. The molecule has 49 heavy (non-hydrogen) atoms. The molecule has 9 aromatic rings. The minimum atomic E-state index is 0.812. The van der Waals surface area contributed by atoms with Gasteiger partial charge in [-0.15, -0.1) is 11.3 Å². The lowest BCUT2D eigenvalue weighted by atomic mass is 9.93. The van der Waals surface area contributed by atoms with Crippen LogP contribution in [0.3, 0.4) is 0 Å². The topological polar surface area (TPSA) is 12.0 Å². The zero-order chi connectivity index (χ0) is 32.6. The minimum Gasteiger partial charge on any atom is -0.355 e. The van der Waals surface area contributed by atoms with Crippen LogP contribution in [0.25, 0.3) is 69.7 Å². The lowest BCUT2D eigenvalue weighted by Gasteiger charge is -2.15. The van der Waals surface area contributed by atoms with Gasteiger partial charge in [0.15, 0.2) is 0 Å². The summed E-state index contributed by atoms with van der Waals surface area (Å²) in [6.07, 6.45) is 3.15. The molecule has 0 bridgehead atoms. The van der Waals surface area contributed by atoms with E-state index < -0.39 is 0 Å². The van der Waals surface area contributed by atoms with E-state index in [9.17, 15) is 0 Å². The van der Waals surface area contributed by atoms with Crippen LogP contribution in [-0.4, -0.2) is 0 Å². The summed E-state index contributed by atoms with van der Waals surface area (Å²) in [6.45, 7) is 0. The van der Waals surface area contributed by atoms with E-state index in [4.69, 9.17) is 0 Å². The van der Waals surface area contributed by atoms with E-state index in [1.165, 1.54) is 69.5 Å². The lowest BCUT2D eigenvalue weighted by molar-refractivity contribution is 1.27. The standard InChI is InChI=1S/C47H33NS/c1-2-15-39(16-3-1)48-45(28-26-32-11-6-8-17-41(32)47-31-38-14-7-9-20-46(38)49-47)34-23-21-33(22-24-34)40-18-10-19-42-43(40)27-25-37-29-35-12-4-5-13-36(35)30-44(37)42/h1-25,27-31,48H,26H2/b45-28-. The molecule has 0 spiro atoms. The van der Waals surface area contributed by atoms with Crippen molar-refractivity contribution in [3.05, 3.63) is 193 Å². The van der Waals surface area contributed by atoms with Crippen LogP contribution in [0.5, 0.6) is 0 Å². The molecular weight excluding hydrogens is 611 g/mol. The van der Waals surface area contributed by atoms with Crippen LogP contribution in [0, 0.1) is 0 Å². The van der Waals surface area contributed by atoms with Crippen LogP contribution in [-0.2, 0) is 6.42 Å². The SMILES string of the molecule is C(/Cc1ccccc1-c1cc2ccccc2s1)=C(/Nc1ccccc1)c1ccc(-c2cccc3c2ccc2cc4ccccc4cc23)cc1. The molecule has 0 saturated carbocycles. The minimum absolute atomic E-state index is 0.812. The van der Waals surface area contributed by atoms with E-state index in [1.54, 1.807) is 0 Å². The van der Waals surface area contributed by atoms with Gasteiger partial charge in [-0.25, -0.2) is 0 Å². The molecule has 2 heteroatoms. The third-order valence-corrected chi connectivity index (χ3v) is 10.7. The molecule has 0 unspecified atom stereocenters. The molecule has 0 aliphatic rings. The lowest BCUT2D eigenvalue weighted by Crippen LogP contribution is -2.00. The number of benzene rings is 8. The Hall–Kier alpha value is -5.96. The van der Waals surface area contributed by atoms with Crippen molar-refractivity contribution in [1.82, 2.24) is 0 Å². The van der Waals surface area contributed by atoms with Crippen molar-refractivity contribution in [1.29, 1.82) is 0 Å². The highest BCUT2D eigenvalue weighted by molar-refractivity contribution is 7.22. The van der Waals surface area contributed by atoms with Gasteiger partial charge in [0.25, 0.3) is 0 Å². The summed E-state index contributed by atoms with van der Waals surface area (Å²) in [4.78, 5) is 1.31. The highest BCUT2D eigenvalue weighted by Gasteiger charge is 2.12. The molecule has 0 saturated heterocycles. The molecule has 0 radical (unpaired) electrons. The zero-order valence-corrected chi connectivity index (χ0v) is 27.8. The van der Waals surface area contributed by atoms with Crippen LogP contribution < -0.4 is 5.32 Å². The Kier molecular flexibility index (Phi) is 7.49. The Bertz CT molecular complexity index is 2610. The second-order valence-electron chi connectivity index (χ2n) is 12.6. The molecule has 0 atom stereocenters. The molecule has 0 aliphatic heterocycles. The molecule has 9 rings (SSSR count). The smallest absolute Gasteiger partial charge is 0.0420 e. The first-order chi connectivity index (χ1) is 24.3. The fourth-order valence-electron chi connectivity index (χ4n) is 7.05. The first kappa shape index (κ1) is 29.2. The molecule has 1 aromatic heterocycles. The average molecular weight is 644 g/mol. The van der Waals surface area contributed by atoms with Gasteiger partial charge >= 0.3 is 0 Å². The van der Waals surface area contributed by atoms with Crippen LogP contribution in [0.15, 0.2) is 182 Å². The van der Waals surface area contributed by atoms with E-state index >= 15 is 0 Å². The van der Waals surface area contributed by atoms with Crippen molar-refractivity contribution in [3.8, 4) is 21.6 Å². The highest BCUT2D eigenvalue weighted by Crippen LogP contribution is 2.37. The first-order valence-electron chi connectivity index (χ1n) is 16.8. The van der Waals surface area contributed by atoms with E-state index in [0.717, 1.165) is 23.4 Å². The van der Waals surface area contributed by atoms with Crippen LogP contribution >= 0.6 is 11.3 Å². The highest BCUT2D eigenvalue weighted by atomic mass is 32.1. The van der Waals surface area contributed by atoms with Crippen molar-refractivity contribution in [2.45, 2.75) is 6.42 Å². The second-order valence-corrected chi connectivity index (χ2v) is 13.7. The summed E-state index contributed by atoms with van der Waals surface area (Å²) in [5.74, 6) is 0. The van der Waals surface area contributed by atoms with Crippen molar-refractivity contribution in [2.75, 3.05) is 5.32 Å². The molecule has 0 fully saturated rings. The summed E-state index contributed by atoms with van der Waals surface area (Å²) in [5.41, 5.74) is 8.40. The van der Waals surface area contributed by atoms with Gasteiger partial charge in [-0.05, 0) is 108 Å².